The Kier molecular flexibility index (Phi) is 7.25. The Hall–Kier alpha value is -1.39. The van der Waals surface area contributed by atoms with E-state index >= 15 is 0 Å². The van der Waals surface area contributed by atoms with Gasteiger partial charge in [0, 0.05) is 5.56 Å². The number of ether oxygens (including phenoxy) is 2. The normalized spacial score (nSPS) is 13.0. The van der Waals surface area contributed by atoms with Crippen LogP contribution in [-0.2, 0) is 4.79 Å². The third-order valence-corrected chi connectivity index (χ3v) is 4.50. The molecule has 6 heteroatoms. The molecule has 0 aromatic heterocycles. The number of benzene rings is 1. The summed E-state index contributed by atoms with van der Waals surface area (Å²) in [6.07, 6.45) is 8.54. The number of halogens is 2. The molecular weight excluding hydrogens is 351 g/mol. The lowest BCUT2D eigenvalue weighted by molar-refractivity contribution is -0.132. The lowest BCUT2D eigenvalue weighted by Crippen LogP contribution is -2.14. The van der Waals surface area contributed by atoms with Crippen LogP contribution >= 0.6 is 23.2 Å². The van der Waals surface area contributed by atoms with Crippen molar-refractivity contribution in [3.05, 3.63) is 27.2 Å². The highest BCUT2D eigenvalue weighted by Crippen LogP contribution is 2.44. The molecule has 1 N–H and O–H groups in total. The van der Waals surface area contributed by atoms with E-state index in [1.165, 1.54) is 31.8 Å². The Morgan fingerprint density at radius 3 is 2.67 bits per heavy atom. The van der Waals surface area contributed by atoms with Crippen molar-refractivity contribution in [3.8, 4) is 11.5 Å². The quantitative estimate of drug-likeness (QED) is 0.573. The van der Waals surface area contributed by atoms with Gasteiger partial charge in [0.05, 0.1) is 17.2 Å². The molecule has 1 heterocycles. The molecule has 0 saturated heterocycles. The summed E-state index contributed by atoms with van der Waals surface area (Å²) in [5, 5.41) is 9.69. The van der Waals surface area contributed by atoms with Crippen molar-refractivity contribution in [3.63, 3.8) is 0 Å². The van der Waals surface area contributed by atoms with Gasteiger partial charge in [-0.25, -0.2) is 4.79 Å². The number of aliphatic carboxylic acids is 1. The number of carbonyl (C=O) groups is 1. The third kappa shape index (κ3) is 4.81. The molecule has 0 atom stereocenters. The van der Waals surface area contributed by atoms with Crippen LogP contribution in [0.25, 0.3) is 6.08 Å². The van der Waals surface area contributed by atoms with Crippen molar-refractivity contribution < 1.29 is 19.4 Å². The molecule has 0 unspecified atom stereocenters. The van der Waals surface area contributed by atoms with Gasteiger partial charge in [0.15, 0.2) is 5.75 Å². The topological polar surface area (TPSA) is 55.8 Å². The van der Waals surface area contributed by atoms with E-state index in [9.17, 15) is 4.79 Å². The molecule has 0 spiro atoms. The van der Waals surface area contributed by atoms with Crippen molar-refractivity contribution in [2.45, 2.75) is 45.4 Å². The molecule has 0 saturated carbocycles. The van der Waals surface area contributed by atoms with Crippen LogP contribution in [0.1, 0.15) is 51.0 Å². The van der Waals surface area contributed by atoms with Gasteiger partial charge < -0.3 is 14.6 Å². The van der Waals surface area contributed by atoms with E-state index in [1.54, 1.807) is 6.07 Å². The molecule has 0 aliphatic carbocycles. The van der Waals surface area contributed by atoms with Gasteiger partial charge in [-0.15, -0.1) is 0 Å². The van der Waals surface area contributed by atoms with Crippen LogP contribution in [0.5, 0.6) is 11.5 Å². The van der Waals surface area contributed by atoms with Gasteiger partial charge in [-0.1, -0.05) is 62.2 Å². The first-order valence-corrected chi connectivity index (χ1v) is 9.01. The molecule has 1 aromatic rings. The fourth-order valence-electron chi connectivity index (χ4n) is 2.55. The zero-order valence-electron chi connectivity index (χ0n) is 13.7. The second kappa shape index (κ2) is 9.19. The molecule has 0 amide bonds. The average molecular weight is 373 g/mol. The van der Waals surface area contributed by atoms with E-state index in [0.717, 1.165) is 12.8 Å². The van der Waals surface area contributed by atoms with Gasteiger partial charge in [0.2, 0.25) is 0 Å². The maximum absolute atomic E-state index is 11.0. The van der Waals surface area contributed by atoms with Crippen molar-refractivity contribution in [2.24, 2.45) is 0 Å². The largest absolute Gasteiger partial charge is 0.490 e. The summed E-state index contributed by atoms with van der Waals surface area (Å²) in [4.78, 5) is 11.0. The van der Waals surface area contributed by atoms with Crippen LogP contribution in [0.15, 0.2) is 11.6 Å². The second-order valence-electron chi connectivity index (χ2n) is 5.80. The van der Waals surface area contributed by atoms with E-state index in [-0.39, 0.29) is 12.2 Å². The van der Waals surface area contributed by atoms with Gasteiger partial charge >= 0.3 is 5.97 Å². The first-order chi connectivity index (χ1) is 11.5. The van der Waals surface area contributed by atoms with E-state index in [1.807, 2.05) is 0 Å². The highest BCUT2D eigenvalue weighted by molar-refractivity contribution is 6.38. The van der Waals surface area contributed by atoms with Crippen molar-refractivity contribution in [1.82, 2.24) is 0 Å². The van der Waals surface area contributed by atoms with Crippen LogP contribution in [0, 0.1) is 0 Å². The third-order valence-electron chi connectivity index (χ3n) is 3.88. The predicted molar refractivity (Wildman–Crippen MR) is 96.4 cm³/mol. The first kappa shape index (κ1) is 18.9. The summed E-state index contributed by atoms with van der Waals surface area (Å²) in [5.74, 6) is -0.196. The van der Waals surface area contributed by atoms with E-state index < -0.39 is 5.97 Å². The summed E-state index contributed by atoms with van der Waals surface area (Å²) >= 11 is 12.6. The minimum Gasteiger partial charge on any atom is -0.490 e. The van der Waals surface area contributed by atoms with E-state index in [0.29, 0.717) is 33.7 Å². The summed E-state index contributed by atoms with van der Waals surface area (Å²) in [5.41, 5.74) is 0.718. The molecule has 1 aromatic carbocycles. The molecule has 0 radical (unpaired) electrons. The predicted octanol–water partition coefficient (Wildman–Crippen LogP) is 5.59. The van der Waals surface area contributed by atoms with Crippen LogP contribution in [0.3, 0.4) is 0 Å². The maximum Gasteiger partial charge on any atom is 0.335 e. The molecule has 0 bridgehead atoms. The Bertz CT molecular complexity index is 626. The van der Waals surface area contributed by atoms with E-state index in [2.05, 4.69) is 6.92 Å². The lowest BCUT2D eigenvalue weighted by Gasteiger charge is -2.20. The highest BCUT2D eigenvalue weighted by Gasteiger charge is 2.23. The zero-order valence-corrected chi connectivity index (χ0v) is 15.3. The molecule has 1 aliphatic rings. The summed E-state index contributed by atoms with van der Waals surface area (Å²) in [6, 6.07) is 1.63. The van der Waals surface area contributed by atoms with Gasteiger partial charge in [0.1, 0.15) is 17.4 Å². The Morgan fingerprint density at radius 2 is 1.96 bits per heavy atom. The number of rotatable bonds is 9. The number of fused-ring (bicyclic) bond motifs is 1. The minimum atomic E-state index is -1.02. The van der Waals surface area contributed by atoms with Crippen molar-refractivity contribution >= 4 is 35.2 Å². The Labute approximate surface area is 152 Å². The molecule has 132 valence electrons. The van der Waals surface area contributed by atoms with Gasteiger partial charge in [-0.3, -0.25) is 0 Å². The number of unbranched alkanes of at least 4 members (excludes halogenated alkanes) is 5. The molecule has 1 aliphatic heterocycles. The van der Waals surface area contributed by atoms with Crippen molar-refractivity contribution in [1.29, 1.82) is 0 Å². The van der Waals surface area contributed by atoms with Crippen LogP contribution < -0.4 is 9.47 Å². The monoisotopic (exact) mass is 372 g/mol. The molecule has 0 fully saturated rings. The fraction of sp³-hybridized carbons (Fsp3) is 0.500. The van der Waals surface area contributed by atoms with Crippen molar-refractivity contribution in [2.75, 3.05) is 13.2 Å². The maximum atomic E-state index is 11.0. The number of hydrogen-bond acceptors (Lipinski definition) is 3. The standard InChI is InChI=1S/C18H22Cl2O4/c1-2-3-4-5-6-7-8-23-17-14(19)10-12-9-13(18(21)22)11-24-16(12)15(17)20/h9-10H,2-8,11H2,1H3,(H,21,22). The number of carboxylic acids is 1. The molecular formula is C18H22Cl2O4. The van der Waals surface area contributed by atoms with Gasteiger partial charge in [-0.05, 0) is 18.6 Å². The zero-order chi connectivity index (χ0) is 17.5. The summed E-state index contributed by atoms with van der Waals surface area (Å²) in [6.45, 7) is 2.71. The van der Waals surface area contributed by atoms with E-state index in [4.69, 9.17) is 37.8 Å². The molecule has 2 rings (SSSR count). The lowest BCUT2D eigenvalue weighted by atomic mass is 10.1. The van der Waals surface area contributed by atoms with Crippen LogP contribution in [-0.4, -0.2) is 24.3 Å². The second-order valence-corrected chi connectivity index (χ2v) is 6.58. The summed E-state index contributed by atoms with van der Waals surface area (Å²) < 4.78 is 11.2. The van der Waals surface area contributed by atoms with Crippen LogP contribution in [0.2, 0.25) is 10.0 Å². The van der Waals surface area contributed by atoms with Crippen LogP contribution in [0.4, 0.5) is 0 Å². The number of carboxylic acid groups (broad SMARTS) is 1. The first-order valence-electron chi connectivity index (χ1n) is 8.26. The Morgan fingerprint density at radius 1 is 1.25 bits per heavy atom. The smallest absolute Gasteiger partial charge is 0.335 e. The Balaban J connectivity index is 1.99. The minimum absolute atomic E-state index is 0.0272. The fourth-order valence-corrected chi connectivity index (χ4v) is 3.18. The van der Waals surface area contributed by atoms with Gasteiger partial charge in [-0.2, -0.15) is 0 Å². The summed E-state index contributed by atoms with van der Waals surface area (Å²) in [7, 11) is 0. The molecule has 4 nitrogen and oxygen atoms in total. The number of hydrogen-bond donors (Lipinski definition) is 1. The SMILES string of the molecule is CCCCCCCCOc1c(Cl)cc2c(c1Cl)OCC(C(=O)O)=C2. The molecule has 24 heavy (non-hydrogen) atoms. The average Bonchev–Trinajstić information content (AvgIpc) is 2.56. The van der Waals surface area contributed by atoms with Gasteiger partial charge in [0.25, 0.3) is 0 Å². The highest BCUT2D eigenvalue weighted by atomic mass is 35.5.